The van der Waals surface area contributed by atoms with Crippen LogP contribution >= 0.6 is 0 Å². The van der Waals surface area contributed by atoms with E-state index < -0.39 is 15.8 Å². The zero-order valence-electron chi connectivity index (χ0n) is 11.5. The third kappa shape index (κ3) is 2.96. The molecule has 2 saturated carbocycles. The summed E-state index contributed by atoms with van der Waals surface area (Å²) >= 11 is 0. The summed E-state index contributed by atoms with van der Waals surface area (Å²) < 4.78 is 37.5. The summed E-state index contributed by atoms with van der Waals surface area (Å²) in [7, 11) is -1.35. The average Bonchev–Trinajstić information content (AvgIpc) is 3.07. The molecular formula is C13H23NO4S. The molecule has 0 atom stereocenters. The highest BCUT2D eigenvalue weighted by Crippen LogP contribution is 2.38. The second-order valence-electron chi connectivity index (χ2n) is 6.08. The van der Waals surface area contributed by atoms with Crippen LogP contribution in [0.5, 0.6) is 0 Å². The normalized spacial score (nSPS) is 28.3. The SMILES string of the molecule is CN(C1CCC2(CC1)OCCO2)S(=O)(=O)CC1CC1. The summed E-state index contributed by atoms with van der Waals surface area (Å²) in [4.78, 5) is 0. The number of nitrogens with zero attached hydrogens (tertiary/aromatic N) is 1. The molecule has 0 aromatic heterocycles. The van der Waals surface area contributed by atoms with Gasteiger partial charge in [-0.25, -0.2) is 12.7 Å². The van der Waals surface area contributed by atoms with Gasteiger partial charge in [-0.1, -0.05) is 0 Å². The van der Waals surface area contributed by atoms with Gasteiger partial charge in [0.05, 0.1) is 19.0 Å². The minimum absolute atomic E-state index is 0.113. The average molecular weight is 289 g/mol. The van der Waals surface area contributed by atoms with Crippen molar-refractivity contribution in [3.63, 3.8) is 0 Å². The van der Waals surface area contributed by atoms with Crippen molar-refractivity contribution in [3.05, 3.63) is 0 Å². The lowest BCUT2D eigenvalue weighted by Crippen LogP contribution is -2.45. The summed E-state index contributed by atoms with van der Waals surface area (Å²) in [6.07, 6.45) is 5.42. The van der Waals surface area contributed by atoms with E-state index in [4.69, 9.17) is 9.47 Å². The van der Waals surface area contributed by atoms with Crippen molar-refractivity contribution in [2.45, 2.75) is 50.4 Å². The van der Waals surface area contributed by atoms with Gasteiger partial charge in [0.25, 0.3) is 0 Å². The van der Waals surface area contributed by atoms with Crippen LogP contribution in [0.15, 0.2) is 0 Å². The third-order valence-corrected chi connectivity index (χ3v) is 6.70. The van der Waals surface area contributed by atoms with Crippen LogP contribution in [-0.4, -0.2) is 50.6 Å². The maximum atomic E-state index is 12.3. The molecule has 19 heavy (non-hydrogen) atoms. The van der Waals surface area contributed by atoms with Gasteiger partial charge in [0.2, 0.25) is 10.0 Å². The first kappa shape index (κ1) is 13.8. The Morgan fingerprint density at radius 2 is 1.68 bits per heavy atom. The summed E-state index contributed by atoms with van der Waals surface area (Å²) in [5, 5.41) is 0. The second-order valence-corrected chi connectivity index (χ2v) is 8.15. The lowest BCUT2D eigenvalue weighted by atomic mass is 9.90. The predicted octanol–water partition coefficient (Wildman–Crippen LogP) is 1.34. The fraction of sp³-hybridized carbons (Fsp3) is 1.00. The van der Waals surface area contributed by atoms with E-state index in [9.17, 15) is 8.42 Å². The molecule has 0 unspecified atom stereocenters. The van der Waals surface area contributed by atoms with E-state index in [0.717, 1.165) is 38.5 Å². The van der Waals surface area contributed by atoms with Crippen molar-refractivity contribution in [2.24, 2.45) is 5.92 Å². The highest BCUT2D eigenvalue weighted by molar-refractivity contribution is 7.89. The Bertz CT molecular complexity index is 416. The topological polar surface area (TPSA) is 55.8 Å². The highest BCUT2D eigenvalue weighted by atomic mass is 32.2. The van der Waals surface area contributed by atoms with Crippen LogP contribution in [0, 0.1) is 5.92 Å². The molecule has 0 aromatic carbocycles. The Labute approximate surface area is 115 Å². The van der Waals surface area contributed by atoms with Crippen molar-refractivity contribution >= 4 is 10.0 Å². The van der Waals surface area contributed by atoms with Crippen molar-refractivity contribution in [1.29, 1.82) is 0 Å². The van der Waals surface area contributed by atoms with Crippen LogP contribution in [0.2, 0.25) is 0 Å². The Morgan fingerprint density at radius 3 is 2.21 bits per heavy atom. The molecule has 3 aliphatic rings. The van der Waals surface area contributed by atoms with E-state index in [2.05, 4.69) is 0 Å². The Balaban J connectivity index is 1.58. The first-order valence-electron chi connectivity index (χ1n) is 7.24. The number of rotatable bonds is 4. The standard InChI is InChI=1S/C13H23NO4S/c1-14(19(15,16)10-11-2-3-11)12-4-6-13(7-5-12)17-8-9-18-13/h11-12H,2-10H2,1H3. The molecule has 2 aliphatic carbocycles. The molecule has 3 rings (SSSR count). The largest absolute Gasteiger partial charge is 0.348 e. The van der Waals surface area contributed by atoms with E-state index in [0.29, 0.717) is 24.9 Å². The predicted molar refractivity (Wildman–Crippen MR) is 71.2 cm³/mol. The smallest absolute Gasteiger partial charge is 0.214 e. The quantitative estimate of drug-likeness (QED) is 0.784. The first-order valence-corrected chi connectivity index (χ1v) is 8.85. The third-order valence-electron chi connectivity index (χ3n) is 4.63. The van der Waals surface area contributed by atoms with Gasteiger partial charge in [-0.15, -0.1) is 0 Å². The first-order chi connectivity index (χ1) is 9.01. The molecule has 0 N–H and O–H groups in total. The van der Waals surface area contributed by atoms with Gasteiger partial charge in [-0.05, 0) is 31.6 Å². The molecule has 110 valence electrons. The number of sulfonamides is 1. The van der Waals surface area contributed by atoms with E-state index in [1.807, 2.05) is 0 Å². The molecule has 3 fully saturated rings. The van der Waals surface area contributed by atoms with E-state index in [-0.39, 0.29) is 6.04 Å². The number of hydrogen-bond acceptors (Lipinski definition) is 4. The van der Waals surface area contributed by atoms with Gasteiger partial charge in [-0.2, -0.15) is 0 Å². The molecule has 1 spiro atoms. The van der Waals surface area contributed by atoms with Gasteiger partial charge >= 0.3 is 0 Å². The van der Waals surface area contributed by atoms with Crippen LogP contribution in [0.1, 0.15) is 38.5 Å². The minimum atomic E-state index is -3.08. The van der Waals surface area contributed by atoms with Crippen LogP contribution in [0.3, 0.4) is 0 Å². The van der Waals surface area contributed by atoms with Crippen molar-refractivity contribution in [2.75, 3.05) is 26.0 Å². The fourth-order valence-corrected chi connectivity index (χ4v) is 4.95. The molecule has 0 amide bonds. The van der Waals surface area contributed by atoms with Crippen LogP contribution in [0.4, 0.5) is 0 Å². The molecule has 0 radical (unpaired) electrons. The maximum absolute atomic E-state index is 12.3. The van der Waals surface area contributed by atoms with Crippen molar-refractivity contribution < 1.29 is 17.9 Å². The molecule has 1 aliphatic heterocycles. The Kier molecular flexibility index (Phi) is 3.62. The van der Waals surface area contributed by atoms with Gasteiger partial charge < -0.3 is 9.47 Å². The van der Waals surface area contributed by atoms with Crippen molar-refractivity contribution in [3.8, 4) is 0 Å². The number of hydrogen-bond donors (Lipinski definition) is 0. The van der Waals surface area contributed by atoms with Crippen LogP contribution in [-0.2, 0) is 19.5 Å². The van der Waals surface area contributed by atoms with E-state index in [1.54, 1.807) is 11.4 Å². The Morgan fingerprint density at radius 1 is 1.11 bits per heavy atom. The number of ether oxygens (including phenoxy) is 2. The molecule has 0 aromatic rings. The maximum Gasteiger partial charge on any atom is 0.214 e. The summed E-state index contributed by atoms with van der Waals surface area (Å²) in [5.74, 6) is 0.333. The minimum Gasteiger partial charge on any atom is -0.348 e. The highest BCUT2D eigenvalue weighted by Gasteiger charge is 2.43. The molecule has 0 bridgehead atoms. The Hall–Kier alpha value is -0.170. The van der Waals surface area contributed by atoms with Gasteiger partial charge in [0.1, 0.15) is 0 Å². The summed E-state index contributed by atoms with van der Waals surface area (Å²) in [6.45, 7) is 1.33. The van der Waals surface area contributed by atoms with Gasteiger partial charge in [0.15, 0.2) is 5.79 Å². The second kappa shape index (κ2) is 4.98. The summed E-state index contributed by atoms with van der Waals surface area (Å²) in [5.41, 5.74) is 0. The molecule has 1 heterocycles. The van der Waals surface area contributed by atoms with Crippen LogP contribution in [0.25, 0.3) is 0 Å². The monoisotopic (exact) mass is 289 g/mol. The fourth-order valence-electron chi connectivity index (χ4n) is 3.12. The summed E-state index contributed by atoms with van der Waals surface area (Å²) in [6, 6.07) is 0.113. The van der Waals surface area contributed by atoms with Gasteiger partial charge in [0, 0.05) is 25.9 Å². The van der Waals surface area contributed by atoms with Crippen molar-refractivity contribution in [1.82, 2.24) is 4.31 Å². The molecule has 6 heteroatoms. The molecular weight excluding hydrogens is 266 g/mol. The molecule has 5 nitrogen and oxygen atoms in total. The van der Waals surface area contributed by atoms with Gasteiger partial charge in [-0.3, -0.25) is 0 Å². The van der Waals surface area contributed by atoms with E-state index in [1.165, 1.54) is 0 Å². The zero-order valence-corrected chi connectivity index (χ0v) is 12.3. The van der Waals surface area contributed by atoms with Crippen LogP contribution < -0.4 is 0 Å². The molecule has 1 saturated heterocycles. The van der Waals surface area contributed by atoms with E-state index >= 15 is 0 Å². The lowest BCUT2D eigenvalue weighted by Gasteiger charge is -2.38. The lowest BCUT2D eigenvalue weighted by molar-refractivity contribution is -0.181. The zero-order chi connectivity index (χ0) is 13.5.